The summed E-state index contributed by atoms with van der Waals surface area (Å²) < 4.78 is 46.9. The van der Waals surface area contributed by atoms with Gasteiger partial charge in [0.25, 0.3) is 0 Å². The van der Waals surface area contributed by atoms with Crippen molar-refractivity contribution < 1.29 is 27.4 Å². The summed E-state index contributed by atoms with van der Waals surface area (Å²) in [4.78, 5) is 11.3. The molecule has 0 saturated heterocycles. The first-order chi connectivity index (χ1) is 17.5. The summed E-state index contributed by atoms with van der Waals surface area (Å²) in [6, 6.07) is 15.0. The molecule has 202 valence electrons. The molecule has 0 spiro atoms. The fourth-order valence-electron chi connectivity index (χ4n) is 3.78. The molecule has 3 rings (SSSR count). The number of hydrogen-bond acceptors (Lipinski definition) is 7. The third-order valence-corrected chi connectivity index (χ3v) is 8.30. The van der Waals surface area contributed by atoms with E-state index in [0.717, 1.165) is 16.7 Å². The molecule has 37 heavy (non-hydrogen) atoms. The van der Waals surface area contributed by atoms with Gasteiger partial charge in [-0.05, 0) is 58.4 Å². The van der Waals surface area contributed by atoms with Gasteiger partial charge in [0, 0.05) is 18.7 Å². The first-order valence-corrected chi connectivity index (χ1v) is 13.6. The number of nitrogens with one attached hydrogen (secondary N) is 1. The summed E-state index contributed by atoms with van der Waals surface area (Å²) in [5.74, 6) is 0.791. The van der Waals surface area contributed by atoms with Gasteiger partial charge in [0.15, 0.2) is 0 Å². The van der Waals surface area contributed by atoms with Gasteiger partial charge in [-0.2, -0.15) is 12.7 Å². The number of methoxy groups -OCH3 is 1. The Balaban J connectivity index is 1.79. The average Bonchev–Trinajstić information content (AvgIpc) is 3.22. The van der Waals surface area contributed by atoms with Gasteiger partial charge < -0.3 is 19.5 Å². The first-order valence-electron chi connectivity index (χ1n) is 12.2. The number of esters is 1. The number of rotatable bonds is 12. The molecule has 0 radical (unpaired) electrons. The number of ether oxygens (including phenoxy) is 3. The van der Waals surface area contributed by atoms with Gasteiger partial charge in [-0.1, -0.05) is 42.0 Å². The Morgan fingerprint density at radius 3 is 2.51 bits per heavy atom. The normalized spacial score (nSPS) is 15.9. The third-order valence-electron chi connectivity index (χ3n) is 6.24. The van der Waals surface area contributed by atoms with Crippen LogP contribution in [0.4, 0.5) is 0 Å². The van der Waals surface area contributed by atoms with Gasteiger partial charge in [-0.25, -0.2) is 4.31 Å². The second-order valence-corrected chi connectivity index (χ2v) is 11.1. The molecule has 10 heteroatoms. The maximum Gasteiger partial charge on any atom is 0.319 e. The number of allylic oxidation sites excluding steroid dienone is 1. The monoisotopic (exact) mass is 531 g/mol. The Kier molecular flexibility index (Phi) is 9.58. The van der Waals surface area contributed by atoms with E-state index in [4.69, 9.17) is 9.47 Å². The fraction of sp³-hybridized carbons (Fsp3) is 0.444. The van der Waals surface area contributed by atoms with E-state index >= 15 is 0 Å². The molecule has 0 fully saturated rings. The van der Waals surface area contributed by atoms with Crippen LogP contribution in [-0.2, 0) is 30.9 Å². The largest absolute Gasteiger partial charge is 0.487 e. The Labute approximate surface area is 220 Å². The molecule has 0 saturated carbocycles. The van der Waals surface area contributed by atoms with Crippen molar-refractivity contribution in [2.24, 2.45) is 0 Å². The lowest BCUT2D eigenvalue weighted by atomic mass is 10.1. The van der Waals surface area contributed by atoms with Crippen molar-refractivity contribution in [2.45, 2.75) is 46.4 Å². The first kappa shape index (κ1) is 28.5. The lowest BCUT2D eigenvalue weighted by Gasteiger charge is -2.32. The molecule has 0 bridgehead atoms. The zero-order valence-electron chi connectivity index (χ0n) is 22.4. The average molecular weight is 532 g/mol. The molecule has 9 nitrogen and oxygen atoms in total. The molecule has 1 aliphatic rings. The van der Waals surface area contributed by atoms with Crippen LogP contribution in [0.15, 0.2) is 60.0 Å². The number of hydrogen-bond donors (Lipinski definition) is 1. The van der Waals surface area contributed by atoms with Crippen LogP contribution in [0, 0.1) is 6.92 Å². The Morgan fingerprint density at radius 1 is 1.16 bits per heavy atom. The van der Waals surface area contributed by atoms with Crippen LogP contribution in [0.1, 0.15) is 43.7 Å². The van der Waals surface area contributed by atoms with Crippen LogP contribution < -0.4 is 10.1 Å². The highest BCUT2D eigenvalue weighted by molar-refractivity contribution is 7.86. The number of carbonyl (C=O) groups is 1. The van der Waals surface area contributed by atoms with Crippen molar-refractivity contribution in [1.29, 1.82) is 0 Å². The predicted octanol–water partition coefficient (Wildman–Crippen LogP) is 3.53. The van der Waals surface area contributed by atoms with Crippen molar-refractivity contribution in [1.82, 2.24) is 13.9 Å². The maximum absolute atomic E-state index is 13.7. The lowest BCUT2D eigenvalue weighted by molar-refractivity contribution is -0.139. The van der Waals surface area contributed by atoms with Crippen LogP contribution in [-0.4, -0.2) is 62.9 Å². The van der Waals surface area contributed by atoms with E-state index in [0.29, 0.717) is 30.2 Å². The summed E-state index contributed by atoms with van der Waals surface area (Å²) >= 11 is 0. The molecular weight excluding hydrogens is 494 g/mol. The van der Waals surface area contributed by atoms with Gasteiger partial charge in [0.05, 0.1) is 13.7 Å². The van der Waals surface area contributed by atoms with Crippen LogP contribution >= 0.6 is 0 Å². The highest BCUT2D eigenvalue weighted by Gasteiger charge is 2.43. The fourth-order valence-corrected chi connectivity index (χ4v) is 5.46. The molecule has 0 amide bonds. The lowest BCUT2D eigenvalue weighted by Crippen LogP contribution is -2.45. The quantitative estimate of drug-likeness (QED) is 0.331. The van der Waals surface area contributed by atoms with Crippen molar-refractivity contribution in [2.75, 3.05) is 33.9 Å². The third kappa shape index (κ3) is 7.03. The molecule has 1 unspecified atom stereocenters. The molecule has 2 aromatic carbocycles. The van der Waals surface area contributed by atoms with E-state index in [2.05, 4.69) is 10.1 Å². The van der Waals surface area contributed by atoms with Gasteiger partial charge in [-0.15, -0.1) is 0 Å². The molecule has 0 aromatic heterocycles. The summed E-state index contributed by atoms with van der Waals surface area (Å²) in [7, 11) is -0.986. The number of nitrogens with zero attached hydrogens (tertiary/aromatic N) is 2. The minimum Gasteiger partial charge on any atom is -0.487 e. The van der Waals surface area contributed by atoms with Crippen LogP contribution in [0.25, 0.3) is 0 Å². The summed E-state index contributed by atoms with van der Waals surface area (Å²) in [6.45, 7) is 8.16. The van der Waals surface area contributed by atoms with Crippen molar-refractivity contribution in [3.05, 3.63) is 76.7 Å². The molecule has 1 N–H and O–H groups in total. The van der Waals surface area contributed by atoms with E-state index in [1.165, 1.54) is 15.7 Å². The standard InChI is InChI=1S/C27H37N3O6S/c1-19(2)29(5)37(32,33)30-25(21(4)36-27(30)23-12-10-20(3)11-13-23)18-35-24-9-7-8-22(16-24)14-15-28-17-26(31)34-6/h7-13,16,19,27-28H,14-15,17-18H2,1-6H3. The minimum absolute atomic E-state index is 0.0173. The molecule has 1 atom stereocenters. The molecule has 1 aliphatic heterocycles. The molecular formula is C27H37N3O6S. The van der Waals surface area contributed by atoms with Crippen molar-refractivity contribution in [3.8, 4) is 5.75 Å². The van der Waals surface area contributed by atoms with Gasteiger partial charge in [0.2, 0.25) is 6.23 Å². The highest BCUT2D eigenvalue weighted by atomic mass is 32.2. The minimum atomic E-state index is -3.91. The highest BCUT2D eigenvalue weighted by Crippen LogP contribution is 2.40. The molecule has 0 aliphatic carbocycles. The van der Waals surface area contributed by atoms with Crippen LogP contribution in [0.2, 0.25) is 0 Å². The van der Waals surface area contributed by atoms with Gasteiger partial charge in [0.1, 0.15) is 23.8 Å². The Hall–Kier alpha value is -3.08. The second kappa shape index (κ2) is 12.4. The van der Waals surface area contributed by atoms with Gasteiger partial charge >= 0.3 is 16.2 Å². The van der Waals surface area contributed by atoms with E-state index in [-0.39, 0.29) is 25.2 Å². The van der Waals surface area contributed by atoms with E-state index in [1.807, 2.05) is 69.3 Å². The molecule has 1 heterocycles. The Morgan fingerprint density at radius 2 is 1.86 bits per heavy atom. The number of benzene rings is 2. The molecule has 2 aromatic rings. The zero-order chi connectivity index (χ0) is 27.2. The van der Waals surface area contributed by atoms with Crippen molar-refractivity contribution in [3.63, 3.8) is 0 Å². The predicted molar refractivity (Wildman–Crippen MR) is 142 cm³/mol. The van der Waals surface area contributed by atoms with E-state index in [9.17, 15) is 13.2 Å². The summed E-state index contributed by atoms with van der Waals surface area (Å²) in [6.07, 6.45) is -0.133. The summed E-state index contributed by atoms with van der Waals surface area (Å²) in [5, 5.41) is 3.04. The smallest absolute Gasteiger partial charge is 0.319 e. The van der Waals surface area contributed by atoms with Gasteiger partial charge in [-0.3, -0.25) is 4.79 Å². The second-order valence-electron chi connectivity index (χ2n) is 9.24. The van der Waals surface area contributed by atoms with Crippen molar-refractivity contribution >= 4 is 16.2 Å². The number of aryl methyl sites for hydroxylation is 1. The van der Waals surface area contributed by atoms with E-state index < -0.39 is 16.4 Å². The van der Waals surface area contributed by atoms with Crippen LogP contribution in [0.5, 0.6) is 5.75 Å². The zero-order valence-corrected chi connectivity index (χ0v) is 23.2. The SMILES string of the molecule is COC(=O)CNCCc1cccc(OCC2=C(C)OC(c3ccc(C)cc3)N2S(=O)(=O)N(C)C(C)C)c1. The topological polar surface area (TPSA) is 97.4 Å². The summed E-state index contributed by atoms with van der Waals surface area (Å²) in [5.41, 5.74) is 3.28. The maximum atomic E-state index is 13.7. The Bertz CT molecular complexity index is 1210. The van der Waals surface area contributed by atoms with Crippen LogP contribution in [0.3, 0.4) is 0 Å². The number of carbonyl (C=O) groups excluding carboxylic acids is 1. The van der Waals surface area contributed by atoms with E-state index in [1.54, 1.807) is 14.0 Å².